The number of anilines is 1. The van der Waals surface area contributed by atoms with Gasteiger partial charge in [0.2, 0.25) is 5.91 Å². The fourth-order valence-electron chi connectivity index (χ4n) is 2.32. The minimum Gasteiger partial charge on any atom is -0.315 e. The molecule has 7 heteroatoms. The van der Waals surface area contributed by atoms with E-state index in [-0.39, 0.29) is 11.2 Å². The molecule has 0 saturated carbocycles. The molecule has 0 bridgehead atoms. The summed E-state index contributed by atoms with van der Waals surface area (Å²) in [6.07, 6.45) is 3.06. The number of nitrogens with zero attached hydrogens (tertiary/aromatic N) is 2. The number of hydrogen-bond acceptors (Lipinski definition) is 5. The van der Waals surface area contributed by atoms with Gasteiger partial charge in [0, 0.05) is 36.1 Å². The lowest BCUT2D eigenvalue weighted by Crippen LogP contribution is -2.30. The summed E-state index contributed by atoms with van der Waals surface area (Å²) >= 11 is 3.60. The molecule has 0 radical (unpaired) electrons. The number of aromatic nitrogens is 2. The van der Waals surface area contributed by atoms with Gasteiger partial charge in [-0.3, -0.25) is 9.48 Å². The molecule has 0 aromatic carbocycles. The van der Waals surface area contributed by atoms with E-state index < -0.39 is 0 Å². The number of thioether (sulfide) groups is 2. The molecule has 0 spiro atoms. The average molecular weight is 298 g/mol. The van der Waals surface area contributed by atoms with Crippen molar-refractivity contribution in [1.29, 1.82) is 0 Å². The first kappa shape index (κ1) is 13.3. The summed E-state index contributed by atoms with van der Waals surface area (Å²) in [6, 6.07) is 2.31. The number of hydrogen-bond donors (Lipinski definition) is 2. The number of carbonyl (C=O) groups excluding carboxylic acids is 1. The molecule has 1 aromatic rings. The number of amides is 1. The number of nitrogens with one attached hydrogen (secondary N) is 2. The van der Waals surface area contributed by atoms with Gasteiger partial charge >= 0.3 is 0 Å². The fraction of sp³-hybridized carbons (Fsp3) is 0.667. The molecule has 5 nitrogen and oxygen atoms in total. The second kappa shape index (κ2) is 6.19. The molecule has 2 fully saturated rings. The standard InChI is InChI=1S/C12H18N4OS2/c17-12(10-8-18-5-6-19-10)14-11-2-4-16(15-11)9-1-3-13-7-9/h2,4,9-10,13H,1,3,5-8H2,(H,14,15,17). The van der Waals surface area contributed by atoms with Crippen LogP contribution in [0.15, 0.2) is 12.3 Å². The van der Waals surface area contributed by atoms with Crippen LogP contribution in [-0.2, 0) is 4.79 Å². The predicted molar refractivity (Wildman–Crippen MR) is 81.0 cm³/mol. The summed E-state index contributed by atoms with van der Waals surface area (Å²) in [5.41, 5.74) is 0. The van der Waals surface area contributed by atoms with Crippen LogP contribution >= 0.6 is 23.5 Å². The van der Waals surface area contributed by atoms with Crippen molar-refractivity contribution in [3.05, 3.63) is 12.3 Å². The lowest BCUT2D eigenvalue weighted by molar-refractivity contribution is -0.115. The van der Waals surface area contributed by atoms with Crippen LogP contribution in [0.5, 0.6) is 0 Å². The van der Waals surface area contributed by atoms with Crippen molar-refractivity contribution in [2.24, 2.45) is 0 Å². The zero-order chi connectivity index (χ0) is 13.1. The highest BCUT2D eigenvalue weighted by molar-refractivity contribution is 8.07. The van der Waals surface area contributed by atoms with Crippen molar-refractivity contribution >= 4 is 35.2 Å². The number of carbonyl (C=O) groups is 1. The average Bonchev–Trinajstić information content (AvgIpc) is 3.10. The van der Waals surface area contributed by atoms with Crippen molar-refractivity contribution in [3.8, 4) is 0 Å². The quantitative estimate of drug-likeness (QED) is 0.878. The minimum atomic E-state index is 0.0667. The summed E-state index contributed by atoms with van der Waals surface area (Å²) in [5.74, 6) is 3.88. The van der Waals surface area contributed by atoms with Crippen LogP contribution in [-0.4, -0.2) is 51.3 Å². The van der Waals surface area contributed by atoms with E-state index in [0.717, 1.165) is 36.8 Å². The lowest BCUT2D eigenvalue weighted by atomic mass is 10.3. The van der Waals surface area contributed by atoms with Crippen molar-refractivity contribution in [2.75, 3.05) is 35.7 Å². The Bertz CT molecular complexity index is 439. The molecule has 19 heavy (non-hydrogen) atoms. The third-order valence-corrected chi connectivity index (χ3v) is 6.13. The van der Waals surface area contributed by atoms with Crippen LogP contribution < -0.4 is 10.6 Å². The van der Waals surface area contributed by atoms with E-state index in [1.807, 2.05) is 28.7 Å². The Hall–Kier alpha value is -0.660. The summed E-state index contributed by atoms with van der Waals surface area (Å²) < 4.78 is 1.96. The lowest BCUT2D eigenvalue weighted by Gasteiger charge is -2.19. The van der Waals surface area contributed by atoms with Crippen LogP contribution in [0.4, 0.5) is 5.82 Å². The summed E-state index contributed by atoms with van der Waals surface area (Å²) in [6.45, 7) is 2.01. The third kappa shape index (κ3) is 3.27. The van der Waals surface area contributed by atoms with Crippen molar-refractivity contribution < 1.29 is 4.79 Å². The molecule has 3 heterocycles. The second-order valence-electron chi connectivity index (χ2n) is 4.75. The summed E-state index contributed by atoms with van der Waals surface area (Å²) in [4.78, 5) is 12.1. The van der Waals surface area contributed by atoms with E-state index in [1.165, 1.54) is 0 Å². The monoisotopic (exact) mass is 298 g/mol. The minimum absolute atomic E-state index is 0.0667. The van der Waals surface area contributed by atoms with Crippen LogP contribution in [0, 0.1) is 0 Å². The topological polar surface area (TPSA) is 59.0 Å². The maximum Gasteiger partial charge on any atom is 0.239 e. The normalized spacial score (nSPS) is 27.4. The van der Waals surface area contributed by atoms with Gasteiger partial charge in [-0.05, 0) is 13.0 Å². The van der Waals surface area contributed by atoms with E-state index in [9.17, 15) is 4.79 Å². The third-order valence-electron chi connectivity index (χ3n) is 3.38. The first-order valence-corrected chi connectivity index (χ1v) is 8.79. The smallest absolute Gasteiger partial charge is 0.239 e. The zero-order valence-corrected chi connectivity index (χ0v) is 12.3. The van der Waals surface area contributed by atoms with E-state index in [0.29, 0.717) is 11.9 Å². The predicted octanol–water partition coefficient (Wildman–Crippen LogP) is 1.20. The summed E-state index contributed by atoms with van der Waals surface area (Å²) in [5, 5.41) is 10.8. The van der Waals surface area contributed by atoms with Crippen LogP contribution in [0.3, 0.4) is 0 Å². The maximum absolute atomic E-state index is 12.1. The molecule has 1 amide bonds. The maximum atomic E-state index is 12.1. The van der Waals surface area contributed by atoms with E-state index in [1.54, 1.807) is 11.8 Å². The van der Waals surface area contributed by atoms with Gasteiger partial charge in [-0.2, -0.15) is 16.9 Å². The van der Waals surface area contributed by atoms with Crippen LogP contribution in [0.25, 0.3) is 0 Å². The fourth-order valence-corrected chi connectivity index (χ4v) is 4.88. The number of rotatable bonds is 3. The van der Waals surface area contributed by atoms with Gasteiger partial charge in [-0.25, -0.2) is 0 Å². The highest BCUT2D eigenvalue weighted by atomic mass is 32.2. The van der Waals surface area contributed by atoms with E-state index in [2.05, 4.69) is 15.7 Å². The van der Waals surface area contributed by atoms with Gasteiger partial charge < -0.3 is 10.6 Å². The highest BCUT2D eigenvalue weighted by Gasteiger charge is 2.23. The molecule has 2 unspecified atom stereocenters. The van der Waals surface area contributed by atoms with Crippen LogP contribution in [0.2, 0.25) is 0 Å². The molecule has 3 rings (SSSR count). The molecule has 2 aliphatic heterocycles. The Morgan fingerprint density at radius 3 is 3.21 bits per heavy atom. The molecule has 1 aromatic heterocycles. The van der Waals surface area contributed by atoms with Gasteiger partial charge in [0.15, 0.2) is 5.82 Å². The molecule has 2 aliphatic rings. The Morgan fingerprint density at radius 2 is 2.47 bits per heavy atom. The Kier molecular flexibility index (Phi) is 4.35. The van der Waals surface area contributed by atoms with Crippen molar-refractivity contribution in [1.82, 2.24) is 15.1 Å². The van der Waals surface area contributed by atoms with Gasteiger partial charge in [-0.15, -0.1) is 11.8 Å². The Morgan fingerprint density at radius 1 is 1.53 bits per heavy atom. The van der Waals surface area contributed by atoms with Crippen molar-refractivity contribution in [2.45, 2.75) is 17.7 Å². The molecule has 2 atom stereocenters. The van der Waals surface area contributed by atoms with E-state index >= 15 is 0 Å². The van der Waals surface area contributed by atoms with Crippen molar-refractivity contribution in [3.63, 3.8) is 0 Å². The summed E-state index contributed by atoms with van der Waals surface area (Å²) in [7, 11) is 0. The molecule has 2 saturated heterocycles. The van der Waals surface area contributed by atoms with Gasteiger partial charge in [-0.1, -0.05) is 0 Å². The molecular weight excluding hydrogens is 280 g/mol. The van der Waals surface area contributed by atoms with Gasteiger partial charge in [0.25, 0.3) is 0 Å². The van der Waals surface area contributed by atoms with Crippen LogP contribution in [0.1, 0.15) is 12.5 Å². The molecular formula is C12H18N4OS2. The molecule has 2 N–H and O–H groups in total. The first-order chi connectivity index (χ1) is 9.33. The largest absolute Gasteiger partial charge is 0.315 e. The van der Waals surface area contributed by atoms with Gasteiger partial charge in [0.1, 0.15) is 0 Å². The Labute approximate surface area is 121 Å². The highest BCUT2D eigenvalue weighted by Crippen LogP contribution is 2.25. The second-order valence-corrected chi connectivity index (χ2v) is 7.21. The molecule has 104 valence electrons. The van der Waals surface area contributed by atoms with Gasteiger partial charge in [0.05, 0.1) is 11.3 Å². The SMILES string of the molecule is O=C(Nc1ccn(C2CCNC2)n1)C1CSCCS1. The molecule has 0 aliphatic carbocycles. The Balaban J connectivity index is 1.58. The first-order valence-electron chi connectivity index (χ1n) is 6.59. The van der Waals surface area contributed by atoms with E-state index in [4.69, 9.17) is 0 Å². The zero-order valence-electron chi connectivity index (χ0n) is 10.7.